The molecule has 1 aliphatic rings. The average Bonchev–Trinajstić information content (AvgIpc) is 2.93. The van der Waals surface area contributed by atoms with E-state index in [0.29, 0.717) is 12.8 Å². The Morgan fingerprint density at radius 3 is 2.84 bits per heavy atom. The number of hydrogen-bond acceptors (Lipinski definition) is 4. The standard InChI is InChI=1S/C13H16N4O2/c1-7-5-11-15-16-12(17(11)8(2)14-7)9-3-4-10(6-9)13(18)19/h5,9-10H,3-4,6H2,1-2H3,(H,18,19). The second-order valence-corrected chi connectivity index (χ2v) is 5.24. The molecule has 19 heavy (non-hydrogen) atoms. The van der Waals surface area contributed by atoms with Crippen molar-refractivity contribution in [2.45, 2.75) is 39.0 Å². The quantitative estimate of drug-likeness (QED) is 0.889. The van der Waals surface area contributed by atoms with E-state index in [1.54, 1.807) is 0 Å². The maximum atomic E-state index is 11.0. The van der Waals surface area contributed by atoms with Gasteiger partial charge in [-0.1, -0.05) is 0 Å². The minimum Gasteiger partial charge on any atom is -0.481 e. The largest absolute Gasteiger partial charge is 0.481 e. The first-order valence-electron chi connectivity index (χ1n) is 6.48. The van der Waals surface area contributed by atoms with Gasteiger partial charge in [-0.2, -0.15) is 0 Å². The van der Waals surface area contributed by atoms with Crippen LogP contribution in [0.2, 0.25) is 0 Å². The Labute approximate surface area is 110 Å². The fraction of sp³-hybridized carbons (Fsp3) is 0.538. The molecule has 1 N–H and O–H groups in total. The van der Waals surface area contributed by atoms with Gasteiger partial charge in [0.25, 0.3) is 0 Å². The number of carbonyl (C=O) groups is 1. The lowest BCUT2D eigenvalue weighted by Crippen LogP contribution is -2.10. The summed E-state index contributed by atoms with van der Waals surface area (Å²) in [6.45, 7) is 3.86. The van der Waals surface area contributed by atoms with E-state index in [1.165, 1.54) is 0 Å². The minimum absolute atomic E-state index is 0.166. The van der Waals surface area contributed by atoms with Gasteiger partial charge in [0.1, 0.15) is 11.6 Å². The molecule has 2 unspecified atom stereocenters. The SMILES string of the molecule is Cc1cc2nnc(C3CCC(C(=O)O)C3)n2c(C)n1. The summed E-state index contributed by atoms with van der Waals surface area (Å²) < 4.78 is 1.95. The minimum atomic E-state index is -0.706. The summed E-state index contributed by atoms with van der Waals surface area (Å²) in [5.74, 6) is 0.912. The molecule has 6 nitrogen and oxygen atoms in total. The van der Waals surface area contributed by atoms with Gasteiger partial charge in [-0.15, -0.1) is 10.2 Å². The number of aryl methyl sites for hydroxylation is 2. The van der Waals surface area contributed by atoms with E-state index < -0.39 is 5.97 Å². The zero-order valence-corrected chi connectivity index (χ0v) is 11.0. The van der Waals surface area contributed by atoms with E-state index in [1.807, 2.05) is 24.3 Å². The van der Waals surface area contributed by atoms with E-state index in [0.717, 1.165) is 29.4 Å². The molecule has 2 aromatic heterocycles. The number of hydrogen-bond donors (Lipinski definition) is 1. The van der Waals surface area contributed by atoms with Crippen molar-refractivity contribution in [2.75, 3.05) is 0 Å². The Hall–Kier alpha value is -1.98. The second-order valence-electron chi connectivity index (χ2n) is 5.24. The molecule has 0 bridgehead atoms. The highest BCUT2D eigenvalue weighted by atomic mass is 16.4. The van der Waals surface area contributed by atoms with Gasteiger partial charge in [-0.25, -0.2) is 4.98 Å². The van der Waals surface area contributed by atoms with Gasteiger partial charge < -0.3 is 5.11 Å². The van der Waals surface area contributed by atoms with Crippen molar-refractivity contribution in [1.29, 1.82) is 0 Å². The third-order valence-electron chi connectivity index (χ3n) is 3.86. The number of nitrogens with zero attached hydrogens (tertiary/aromatic N) is 4. The van der Waals surface area contributed by atoms with E-state index in [4.69, 9.17) is 5.11 Å². The van der Waals surface area contributed by atoms with Gasteiger partial charge in [0, 0.05) is 17.7 Å². The Morgan fingerprint density at radius 2 is 2.16 bits per heavy atom. The highest BCUT2D eigenvalue weighted by Crippen LogP contribution is 2.37. The van der Waals surface area contributed by atoms with Crippen LogP contribution in [0.1, 0.15) is 42.5 Å². The molecule has 6 heteroatoms. The second kappa shape index (κ2) is 4.29. The number of fused-ring (bicyclic) bond motifs is 1. The van der Waals surface area contributed by atoms with Crippen molar-refractivity contribution in [3.05, 3.63) is 23.4 Å². The van der Waals surface area contributed by atoms with Crippen molar-refractivity contribution in [3.8, 4) is 0 Å². The van der Waals surface area contributed by atoms with Gasteiger partial charge in [0.05, 0.1) is 5.92 Å². The van der Waals surface area contributed by atoms with Crippen LogP contribution in [-0.2, 0) is 4.79 Å². The summed E-state index contributed by atoms with van der Waals surface area (Å²) in [5.41, 5.74) is 1.71. The number of carboxylic acid groups (broad SMARTS) is 1. The molecule has 2 atom stereocenters. The van der Waals surface area contributed by atoms with Gasteiger partial charge in [-0.05, 0) is 33.1 Å². The molecule has 1 saturated carbocycles. The summed E-state index contributed by atoms with van der Waals surface area (Å²) in [6.07, 6.45) is 2.21. The molecule has 0 radical (unpaired) electrons. The summed E-state index contributed by atoms with van der Waals surface area (Å²) in [5, 5.41) is 17.5. The van der Waals surface area contributed by atoms with Gasteiger partial charge >= 0.3 is 5.97 Å². The monoisotopic (exact) mass is 260 g/mol. The van der Waals surface area contributed by atoms with E-state index in [2.05, 4.69) is 15.2 Å². The van der Waals surface area contributed by atoms with E-state index in [9.17, 15) is 4.79 Å². The van der Waals surface area contributed by atoms with Gasteiger partial charge in [0.2, 0.25) is 0 Å². The van der Waals surface area contributed by atoms with Crippen LogP contribution in [0, 0.1) is 19.8 Å². The number of carboxylic acids is 1. The van der Waals surface area contributed by atoms with Crippen molar-refractivity contribution >= 4 is 11.6 Å². The molecule has 2 aromatic rings. The third-order valence-corrected chi connectivity index (χ3v) is 3.86. The molecular weight excluding hydrogens is 244 g/mol. The van der Waals surface area contributed by atoms with Crippen LogP contribution in [0.25, 0.3) is 5.65 Å². The van der Waals surface area contributed by atoms with Crippen LogP contribution in [-0.4, -0.2) is 30.7 Å². The number of rotatable bonds is 2. The average molecular weight is 260 g/mol. The lowest BCUT2D eigenvalue weighted by Gasteiger charge is -2.09. The molecule has 1 fully saturated rings. The van der Waals surface area contributed by atoms with Gasteiger partial charge in [0.15, 0.2) is 5.65 Å². The number of aliphatic carboxylic acids is 1. The van der Waals surface area contributed by atoms with E-state index in [-0.39, 0.29) is 11.8 Å². The molecule has 100 valence electrons. The van der Waals surface area contributed by atoms with Crippen LogP contribution >= 0.6 is 0 Å². The first-order valence-corrected chi connectivity index (χ1v) is 6.48. The Bertz CT molecular complexity index is 649. The zero-order chi connectivity index (χ0) is 13.6. The molecule has 0 aromatic carbocycles. The van der Waals surface area contributed by atoms with Crippen molar-refractivity contribution < 1.29 is 9.90 Å². The van der Waals surface area contributed by atoms with Crippen LogP contribution < -0.4 is 0 Å². The number of aromatic nitrogens is 4. The van der Waals surface area contributed by atoms with Gasteiger partial charge in [-0.3, -0.25) is 9.20 Å². The van der Waals surface area contributed by atoms with Crippen LogP contribution in [0.4, 0.5) is 0 Å². The maximum absolute atomic E-state index is 11.0. The van der Waals surface area contributed by atoms with Crippen molar-refractivity contribution in [2.24, 2.45) is 5.92 Å². The van der Waals surface area contributed by atoms with Crippen LogP contribution in [0.3, 0.4) is 0 Å². The molecule has 0 spiro atoms. The Kier molecular flexibility index (Phi) is 2.73. The molecule has 0 saturated heterocycles. The molecule has 0 amide bonds. The summed E-state index contributed by atoms with van der Waals surface area (Å²) >= 11 is 0. The summed E-state index contributed by atoms with van der Waals surface area (Å²) in [6, 6.07) is 1.90. The van der Waals surface area contributed by atoms with Crippen LogP contribution in [0.5, 0.6) is 0 Å². The van der Waals surface area contributed by atoms with E-state index >= 15 is 0 Å². The fourth-order valence-electron chi connectivity index (χ4n) is 2.96. The highest BCUT2D eigenvalue weighted by Gasteiger charge is 2.33. The maximum Gasteiger partial charge on any atom is 0.306 e. The highest BCUT2D eigenvalue weighted by molar-refractivity contribution is 5.70. The molecule has 1 aliphatic carbocycles. The van der Waals surface area contributed by atoms with Crippen molar-refractivity contribution in [3.63, 3.8) is 0 Å². The fourth-order valence-corrected chi connectivity index (χ4v) is 2.96. The smallest absolute Gasteiger partial charge is 0.306 e. The first-order chi connectivity index (χ1) is 9.06. The molecule has 0 aliphatic heterocycles. The predicted molar refractivity (Wildman–Crippen MR) is 68.0 cm³/mol. The Morgan fingerprint density at radius 1 is 1.37 bits per heavy atom. The first kappa shape index (κ1) is 12.1. The topological polar surface area (TPSA) is 80.4 Å². The predicted octanol–water partition coefficient (Wildman–Crippen LogP) is 1.71. The third kappa shape index (κ3) is 1.97. The summed E-state index contributed by atoms with van der Waals surface area (Å²) in [4.78, 5) is 15.5. The lowest BCUT2D eigenvalue weighted by atomic mass is 10.0. The summed E-state index contributed by atoms with van der Waals surface area (Å²) in [7, 11) is 0. The van der Waals surface area contributed by atoms with Crippen molar-refractivity contribution in [1.82, 2.24) is 19.6 Å². The zero-order valence-electron chi connectivity index (χ0n) is 11.0. The molecular formula is C13H16N4O2. The lowest BCUT2D eigenvalue weighted by molar-refractivity contribution is -0.141. The van der Waals surface area contributed by atoms with Crippen LogP contribution in [0.15, 0.2) is 6.07 Å². The molecule has 3 rings (SSSR count). The normalized spacial score (nSPS) is 23.1. The Balaban J connectivity index is 2.00. The molecule has 2 heterocycles.